The topological polar surface area (TPSA) is 78.4 Å². The normalized spacial score (nSPS) is 12.7. The third kappa shape index (κ3) is 4.61. The highest BCUT2D eigenvalue weighted by atomic mass is 35.5. The molecule has 2 amide bonds. The van der Waals surface area contributed by atoms with Gasteiger partial charge in [-0.2, -0.15) is 13.2 Å². The Morgan fingerprint density at radius 1 is 1.30 bits per heavy atom. The molecule has 0 radical (unpaired) electrons. The maximum Gasteiger partial charge on any atom is 0.416 e. The lowest BCUT2D eigenvalue weighted by atomic mass is 10.2. The molecule has 110 valence electrons. The van der Waals surface area contributed by atoms with E-state index in [-0.39, 0.29) is 10.7 Å². The van der Waals surface area contributed by atoms with E-state index in [1.54, 1.807) is 0 Å². The van der Waals surface area contributed by atoms with Crippen LogP contribution in [0, 0.1) is 0 Å². The molecule has 1 aromatic rings. The fourth-order valence-corrected chi connectivity index (χ4v) is 1.56. The summed E-state index contributed by atoms with van der Waals surface area (Å²) in [6.07, 6.45) is -6.02. The molecule has 1 atom stereocenters. The third-order valence-electron chi connectivity index (χ3n) is 2.23. The van der Waals surface area contributed by atoms with Crippen LogP contribution in [-0.2, 0) is 11.0 Å². The molecular weight excluding hydrogens is 301 g/mol. The highest BCUT2D eigenvalue weighted by Crippen LogP contribution is 2.33. The molecule has 0 unspecified atom stereocenters. The van der Waals surface area contributed by atoms with Crippen LogP contribution in [0.5, 0.6) is 0 Å². The van der Waals surface area contributed by atoms with Crippen LogP contribution in [0.15, 0.2) is 18.2 Å². The Kier molecular flexibility index (Phi) is 4.83. The van der Waals surface area contributed by atoms with Crippen molar-refractivity contribution < 1.29 is 27.9 Å². The molecule has 0 aliphatic rings. The van der Waals surface area contributed by atoms with Crippen molar-refractivity contribution >= 4 is 29.3 Å². The second-order valence-corrected chi connectivity index (χ2v) is 4.32. The molecule has 0 aromatic heterocycles. The van der Waals surface area contributed by atoms with E-state index in [0.29, 0.717) is 6.07 Å². The summed E-state index contributed by atoms with van der Waals surface area (Å²) in [7, 11) is 0. The van der Waals surface area contributed by atoms with Crippen LogP contribution in [-0.4, -0.2) is 23.1 Å². The van der Waals surface area contributed by atoms with Gasteiger partial charge in [0.05, 0.1) is 5.56 Å². The van der Waals surface area contributed by atoms with Gasteiger partial charge in [0.1, 0.15) is 6.04 Å². The number of halogens is 4. The summed E-state index contributed by atoms with van der Waals surface area (Å²) in [5.41, 5.74) is -1.19. The first-order valence-electron chi connectivity index (χ1n) is 5.27. The zero-order valence-corrected chi connectivity index (χ0v) is 10.8. The first kappa shape index (κ1) is 16.1. The standard InChI is InChI=1S/C11H10ClF3N2O3/c1-5(16-10(19)20)9(18)17-8-3-6(11(13,14)15)2-7(12)4-8/h2-5,16H,1H3,(H,17,18)(H,19,20)/t5-/m1/s1. The molecule has 20 heavy (non-hydrogen) atoms. The smallest absolute Gasteiger partial charge is 0.416 e. The predicted molar refractivity (Wildman–Crippen MR) is 65.7 cm³/mol. The first-order valence-corrected chi connectivity index (χ1v) is 5.65. The number of hydrogen-bond donors (Lipinski definition) is 3. The molecule has 0 fully saturated rings. The molecule has 0 saturated carbocycles. The van der Waals surface area contributed by atoms with Gasteiger partial charge in [-0.05, 0) is 25.1 Å². The van der Waals surface area contributed by atoms with Crippen molar-refractivity contribution in [1.29, 1.82) is 0 Å². The van der Waals surface area contributed by atoms with Gasteiger partial charge < -0.3 is 15.7 Å². The average molecular weight is 311 g/mol. The van der Waals surface area contributed by atoms with Crippen molar-refractivity contribution in [3.63, 3.8) is 0 Å². The molecule has 3 N–H and O–H groups in total. The monoisotopic (exact) mass is 310 g/mol. The van der Waals surface area contributed by atoms with Gasteiger partial charge in [0.2, 0.25) is 5.91 Å². The zero-order valence-electron chi connectivity index (χ0n) is 10.1. The Hall–Kier alpha value is -1.96. The molecule has 9 heteroatoms. The minimum atomic E-state index is -4.60. The number of hydrogen-bond acceptors (Lipinski definition) is 2. The van der Waals surface area contributed by atoms with Crippen LogP contribution < -0.4 is 10.6 Å². The van der Waals surface area contributed by atoms with E-state index < -0.39 is 29.8 Å². The van der Waals surface area contributed by atoms with Gasteiger partial charge in [0.15, 0.2) is 0 Å². The van der Waals surface area contributed by atoms with Crippen LogP contribution in [0.25, 0.3) is 0 Å². The van der Waals surface area contributed by atoms with Crippen molar-refractivity contribution in [3.05, 3.63) is 28.8 Å². The molecule has 0 aliphatic carbocycles. The number of rotatable bonds is 3. The minimum Gasteiger partial charge on any atom is -0.465 e. The van der Waals surface area contributed by atoms with Gasteiger partial charge in [-0.3, -0.25) is 4.79 Å². The van der Waals surface area contributed by atoms with Crippen LogP contribution in [0.4, 0.5) is 23.7 Å². The van der Waals surface area contributed by atoms with Crippen molar-refractivity contribution in [3.8, 4) is 0 Å². The Morgan fingerprint density at radius 2 is 1.90 bits per heavy atom. The molecule has 1 rings (SSSR count). The summed E-state index contributed by atoms with van der Waals surface area (Å²) < 4.78 is 37.7. The van der Waals surface area contributed by atoms with Crippen LogP contribution >= 0.6 is 11.6 Å². The van der Waals surface area contributed by atoms with Crippen LogP contribution in [0.3, 0.4) is 0 Å². The van der Waals surface area contributed by atoms with E-state index in [0.717, 1.165) is 12.1 Å². The molecule has 1 aromatic carbocycles. The van der Waals surface area contributed by atoms with Crippen molar-refractivity contribution in [2.24, 2.45) is 0 Å². The maximum atomic E-state index is 12.6. The minimum absolute atomic E-state index is 0.172. The lowest BCUT2D eigenvalue weighted by molar-refractivity contribution is -0.137. The van der Waals surface area contributed by atoms with Gasteiger partial charge in [-0.15, -0.1) is 0 Å². The predicted octanol–water partition coefficient (Wildman–Crippen LogP) is 2.95. The SMILES string of the molecule is C[C@@H](NC(=O)O)C(=O)Nc1cc(Cl)cc(C(F)(F)F)c1. The Bertz CT molecular complexity index is 534. The van der Waals surface area contributed by atoms with Gasteiger partial charge in [0, 0.05) is 10.7 Å². The molecular formula is C11H10ClF3N2O3. The number of carbonyl (C=O) groups is 2. The van der Waals surface area contributed by atoms with Crippen molar-refractivity contribution in [2.45, 2.75) is 19.1 Å². The number of nitrogens with one attached hydrogen (secondary N) is 2. The van der Waals surface area contributed by atoms with Crippen molar-refractivity contribution in [1.82, 2.24) is 5.32 Å². The molecule has 0 spiro atoms. The van der Waals surface area contributed by atoms with Gasteiger partial charge in [-0.1, -0.05) is 11.6 Å². The summed E-state index contributed by atoms with van der Waals surface area (Å²) in [6.45, 7) is 1.25. The van der Waals surface area contributed by atoms with Crippen molar-refractivity contribution in [2.75, 3.05) is 5.32 Å². The summed E-state index contributed by atoms with van der Waals surface area (Å²) in [5.74, 6) is -0.803. The van der Waals surface area contributed by atoms with Crippen LogP contribution in [0.1, 0.15) is 12.5 Å². The van der Waals surface area contributed by atoms with E-state index in [4.69, 9.17) is 16.7 Å². The van der Waals surface area contributed by atoms with Gasteiger partial charge in [0.25, 0.3) is 0 Å². The highest BCUT2D eigenvalue weighted by molar-refractivity contribution is 6.31. The van der Waals surface area contributed by atoms with E-state index in [1.165, 1.54) is 6.92 Å². The largest absolute Gasteiger partial charge is 0.465 e. The Labute approximate surface area is 116 Å². The summed E-state index contributed by atoms with van der Waals surface area (Å²) >= 11 is 5.54. The van der Waals surface area contributed by atoms with Crippen LogP contribution in [0.2, 0.25) is 5.02 Å². The third-order valence-corrected chi connectivity index (χ3v) is 2.44. The fourth-order valence-electron chi connectivity index (χ4n) is 1.33. The summed E-state index contributed by atoms with van der Waals surface area (Å²) in [5, 5.41) is 12.3. The first-order chi connectivity index (χ1) is 9.09. The zero-order chi connectivity index (χ0) is 15.5. The number of carbonyl (C=O) groups excluding carboxylic acids is 1. The Balaban J connectivity index is 2.90. The van der Waals surface area contributed by atoms with E-state index in [9.17, 15) is 22.8 Å². The quantitative estimate of drug-likeness (QED) is 0.803. The average Bonchev–Trinajstić information content (AvgIpc) is 2.25. The Morgan fingerprint density at radius 3 is 2.40 bits per heavy atom. The number of amides is 2. The van der Waals surface area contributed by atoms with E-state index in [1.807, 2.05) is 5.32 Å². The molecule has 0 saturated heterocycles. The maximum absolute atomic E-state index is 12.6. The van der Waals surface area contributed by atoms with E-state index in [2.05, 4.69) is 5.32 Å². The van der Waals surface area contributed by atoms with Gasteiger partial charge in [-0.25, -0.2) is 4.79 Å². The molecule has 0 bridgehead atoms. The number of anilines is 1. The van der Waals surface area contributed by atoms with E-state index >= 15 is 0 Å². The van der Waals surface area contributed by atoms with Gasteiger partial charge >= 0.3 is 12.3 Å². The lowest BCUT2D eigenvalue weighted by Crippen LogP contribution is -2.40. The number of alkyl halides is 3. The highest BCUT2D eigenvalue weighted by Gasteiger charge is 2.31. The fraction of sp³-hybridized carbons (Fsp3) is 0.273. The number of benzene rings is 1. The molecule has 5 nitrogen and oxygen atoms in total. The number of carboxylic acid groups (broad SMARTS) is 1. The molecule has 0 heterocycles. The second-order valence-electron chi connectivity index (χ2n) is 3.89. The summed E-state index contributed by atoms with van der Waals surface area (Å²) in [6, 6.07) is 1.43. The lowest BCUT2D eigenvalue weighted by Gasteiger charge is -2.14. The second kappa shape index (κ2) is 6.00. The molecule has 0 aliphatic heterocycles. The summed E-state index contributed by atoms with van der Waals surface area (Å²) in [4.78, 5) is 21.9.